The lowest BCUT2D eigenvalue weighted by Gasteiger charge is -2.20. The van der Waals surface area contributed by atoms with Crippen molar-refractivity contribution in [2.45, 2.75) is 24.3 Å². The van der Waals surface area contributed by atoms with E-state index in [1.165, 1.54) is 26.3 Å². The first-order chi connectivity index (χ1) is 13.2. The molecule has 1 atom stereocenters. The predicted molar refractivity (Wildman–Crippen MR) is 103 cm³/mol. The van der Waals surface area contributed by atoms with Crippen LogP contribution in [0.5, 0.6) is 0 Å². The molecule has 150 valence electrons. The number of carbonyl (C=O) groups is 2. The van der Waals surface area contributed by atoms with Gasteiger partial charge in [0.1, 0.15) is 6.04 Å². The summed E-state index contributed by atoms with van der Waals surface area (Å²) in [5, 5.41) is 2.52. The molecule has 1 amide bonds. The fourth-order valence-electron chi connectivity index (χ4n) is 2.48. The fraction of sp³-hybridized carbons (Fsp3) is 0.316. The number of amides is 1. The van der Waals surface area contributed by atoms with Gasteiger partial charge in [-0.3, -0.25) is 9.78 Å². The zero-order valence-electron chi connectivity index (χ0n) is 16.0. The maximum atomic E-state index is 12.6. The second kappa shape index (κ2) is 9.43. The monoisotopic (exact) mass is 405 g/mol. The Morgan fingerprint density at radius 1 is 1.18 bits per heavy atom. The molecule has 0 aliphatic carbocycles. The number of ether oxygens (including phenoxy) is 1. The van der Waals surface area contributed by atoms with Crippen molar-refractivity contribution >= 4 is 21.9 Å². The summed E-state index contributed by atoms with van der Waals surface area (Å²) >= 11 is 0. The molecule has 0 spiro atoms. The van der Waals surface area contributed by atoms with E-state index in [4.69, 9.17) is 4.74 Å². The Morgan fingerprint density at radius 3 is 2.43 bits per heavy atom. The molecule has 9 heteroatoms. The number of aryl methyl sites for hydroxylation is 1. The molecule has 1 N–H and O–H groups in total. The van der Waals surface area contributed by atoms with Crippen molar-refractivity contribution in [2.24, 2.45) is 0 Å². The molecule has 0 radical (unpaired) electrons. The number of nitrogens with zero attached hydrogens (tertiary/aromatic N) is 2. The number of rotatable bonds is 8. The number of pyridine rings is 1. The quantitative estimate of drug-likeness (QED) is 0.655. The summed E-state index contributed by atoms with van der Waals surface area (Å²) in [4.78, 5) is 28.6. The van der Waals surface area contributed by atoms with Gasteiger partial charge in [-0.1, -0.05) is 23.8 Å². The number of nitrogens with one attached hydrogen (secondary N) is 1. The Labute approximate surface area is 164 Å². The van der Waals surface area contributed by atoms with Crippen molar-refractivity contribution in [1.82, 2.24) is 14.6 Å². The van der Waals surface area contributed by atoms with Gasteiger partial charge in [-0.2, -0.15) is 4.31 Å². The van der Waals surface area contributed by atoms with Gasteiger partial charge < -0.3 is 10.1 Å². The number of sulfonamides is 1. The molecule has 28 heavy (non-hydrogen) atoms. The average Bonchev–Trinajstić information content (AvgIpc) is 2.67. The maximum Gasteiger partial charge on any atom is 0.328 e. The van der Waals surface area contributed by atoms with Crippen molar-refractivity contribution in [2.75, 3.05) is 20.7 Å². The molecule has 1 heterocycles. The van der Waals surface area contributed by atoms with Gasteiger partial charge in [-0.25, -0.2) is 13.2 Å². The van der Waals surface area contributed by atoms with Crippen molar-refractivity contribution in [1.29, 1.82) is 0 Å². The van der Waals surface area contributed by atoms with Crippen LogP contribution in [0.4, 0.5) is 0 Å². The van der Waals surface area contributed by atoms with Crippen LogP contribution in [0.2, 0.25) is 0 Å². The van der Waals surface area contributed by atoms with Gasteiger partial charge in [0.25, 0.3) is 0 Å². The van der Waals surface area contributed by atoms with Gasteiger partial charge in [0, 0.05) is 25.4 Å². The lowest BCUT2D eigenvalue weighted by atomic mass is 10.1. The second-order valence-corrected chi connectivity index (χ2v) is 8.29. The number of aromatic nitrogens is 1. The van der Waals surface area contributed by atoms with Crippen LogP contribution in [0.3, 0.4) is 0 Å². The number of benzene rings is 1. The number of carbonyl (C=O) groups excluding carboxylic acids is 2. The molecule has 0 aliphatic heterocycles. The Hall–Kier alpha value is -2.78. The van der Waals surface area contributed by atoms with Gasteiger partial charge in [0.05, 0.1) is 18.6 Å². The van der Waals surface area contributed by atoms with Crippen LogP contribution in [0.25, 0.3) is 0 Å². The predicted octanol–water partition coefficient (Wildman–Crippen LogP) is 0.911. The van der Waals surface area contributed by atoms with Gasteiger partial charge in [0.15, 0.2) is 0 Å². The van der Waals surface area contributed by atoms with Crippen LogP contribution in [0.1, 0.15) is 11.3 Å². The molecule has 0 saturated carbocycles. The average molecular weight is 405 g/mol. The smallest absolute Gasteiger partial charge is 0.328 e. The molecule has 0 fully saturated rings. The second-order valence-electron chi connectivity index (χ2n) is 6.24. The molecule has 0 bridgehead atoms. The van der Waals surface area contributed by atoms with Crippen LogP contribution in [-0.2, 0) is 30.8 Å². The fourth-order valence-corrected chi connectivity index (χ4v) is 3.61. The van der Waals surface area contributed by atoms with Crippen LogP contribution in [-0.4, -0.2) is 56.3 Å². The number of methoxy groups -OCH3 is 1. The van der Waals surface area contributed by atoms with Gasteiger partial charge in [-0.15, -0.1) is 0 Å². The Kier molecular flexibility index (Phi) is 7.24. The standard InChI is InChI=1S/C19H23N3O5S/c1-14-7-9-16(10-8-14)28(25,26)22(2)13-18(23)21-17(19(24)27-3)12-15-6-4-5-11-20-15/h4-11,17H,12-13H2,1-3H3,(H,21,23). The third-order valence-electron chi connectivity index (χ3n) is 4.06. The van der Waals surface area contributed by atoms with E-state index in [1.807, 2.05) is 6.92 Å². The summed E-state index contributed by atoms with van der Waals surface area (Å²) in [7, 11) is -1.30. The minimum Gasteiger partial charge on any atom is -0.467 e. The minimum absolute atomic E-state index is 0.0893. The van der Waals surface area contributed by atoms with E-state index in [9.17, 15) is 18.0 Å². The minimum atomic E-state index is -3.83. The van der Waals surface area contributed by atoms with Gasteiger partial charge in [-0.05, 0) is 31.2 Å². The molecular formula is C19H23N3O5S. The molecule has 2 aromatic rings. The van der Waals surface area contributed by atoms with E-state index >= 15 is 0 Å². The number of hydrogen-bond acceptors (Lipinski definition) is 6. The first-order valence-corrected chi connectivity index (χ1v) is 9.98. The topological polar surface area (TPSA) is 106 Å². The Bertz CT molecular complexity index is 914. The van der Waals surface area contributed by atoms with Crippen molar-refractivity contribution in [3.8, 4) is 0 Å². The number of esters is 1. The van der Waals surface area contributed by atoms with Gasteiger partial charge >= 0.3 is 5.97 Å². The third-order valence-corrected chi connectivity index (χ3v) is 5.87. The van der Waals surface area contributed by atoms with Crippen molar-refractivity contribution in [3.05, 3.63) is 59.9 Å². The third kappa shape index (κ3) is 5.61. The summed E-state index contributed by atoms with van der Waals surface area (Å²) in [5.74, 6) is -1.26. The largest absolute Gasteiger partial charge is 0.467 e. The van der Waals surface area contributed by atoms with E-state index in [0.717, 1.165) is 9.87 Å². The molecule has 1 unspecified atom stereocenters. The van der Waals surface area contributed by atoms with Crippen LogP contribution < -0.4 is 5.32 Å². The van der Waals surface area contributed by atoms with Crippen LogP contribution in [0, 0.1) is 6.92 Å². The van der Waals surface area contributed by atoms with E-state index in [1.54, 1.807) is 36.5 Å². The molecule has 2 rings (SSSR count). The molecule has 8 nitrogen and oxygen atoms in total. The zero-order valence-corrected chi connectivity index (χ0v) is 16.8. The maximum absolute atomic E-state index is 12.6. The number of likely N-dealkylation sites (N-methyl/N-ethyl adjacent to an activating group) is 1. The summed E-state index contributed by atoms with van der Waals surface area (Å²) in [6.07, 6.45) is 1.71. The highest BCUT2D eigenvalue weighted by Crippen LogP contribution is 2.14. The first-order valence-electron chi connectivity index (χ1n) is 8.54. The van der Waals surface area contributed by atoms with Gasteiger partial charge in [0.2, 0.25) is 15.9 Å². The van der Waals surface area contributed by atoms with Crippen molar-refractivity contribution < 1.29 is 22.7 Å². The Morgan fingerprint density at radius 2 is 1.86 bits per heavy atom. The lowest BCUT2D eigenvalue weighted by molar-refractivity contribution is -0.145. The highest BCUT2D eigenvalue weighted by molar-refractivity contribution is 7.89. The van der Waals surface area contributed by atoms with E-state index < -0.39 is 34.5 Å². The summed E-state index contributed by atoms with van der Waals surface area (Å²) in [6, 6.07) is 10.6. The first kappa shape index (κ1) is 21.5. The SMILES string of the molecule is COC(=O)C(Cc1ccccn1)NC(=O)CN(C)S(=O)(=O)c1ccc(C)cc1. The highest BCUT2D eigenvalue weighted by atomic mass is 32.2. The molecule has 0 aliphatic rings. The lowest BCUT2D eigenvalue weighted by Crippen LogP contribution is -2.47. The van der Waals surface area contributed by atoms with Crippen molar-refractivity contribution in [3.63, 3.8) is 0 Å². The summed E-state index contributed by atoms with van der Waals surface area (Å²) in [5.41, 5.74) is 1.52. The highest BCUT2D eigenvalue weighted by Gasteiger charge is 2.26. The normalized spacial score (nSPS) is 12.4. The Balaban J connectivity index is 2.06. The number of hydrogen-bond donors (Lipinski definition) is 1. The molecule has 1 aromatic carbocycles. The van der Waals surface area contributed by atoms with E-state index in [0.29, 0.717) is 5.69 Å². The molecule has 0 saturated heterocycles. The zero-order chi connectivity index (χ0) is 20.7. The van der Waals surface area contributed by atoms with E-state index in [-0.39, 0.29) is 11.3 Å². The molecular weight excluding hydrogens is 382 g/mol. The van der Waals surface area contributed by atoms with Crippen LogP contribution in [0.15, 0.2) is 53.6 Å². The van der Waals surface area contributed by atoms with Crippen LogP contribution >= 0.6 is 0 Å². The summed E-state index contributed by atoms with van der Waals surface area (Å²) < 4.78 is 30.8. The van der Waals surface area contributed by atoms with E-state index in [2.05, 4.69) is 10.3 Å². The summed E-state index contributed by atoms with van der Waals surface area (Å²) in [6.45, 7) is 1.41. The molecule has 1 aromatic heterocycles.